The Hall–Kier alpha value is 0.310. The fourth-order valence-corrected chi connectivity index (χ4v) is 5.32. The van der Waals surface area contributed by atoms with Crippen LogP contribution in [0.1, 0.15) is 51.4 Å². The van der Waals surface area contributed by atoms with E-state index in [4.69, 9.17) is 0 Å². The predicted octanol–water partition coefficient (Wildman–Crippen LogP) is 3.69. The molecule has 1 N–H and O–H groups in total. The lowest BCUT2D eigenvalue weighted by molar-refractivity contribution is 0.286. The quantitative estimate of drug-likeness (QED) is 0.820. The van der Waals surface area contributed by atoms with E-state index in [0.717, 1.165) is 29.0 Å². The van der Waals surface area contributed by atoms with Crippen molar-refractivity contribution in [2.24, 2.45) is 17.8 Å². The second-order valence-corrected chi connectivity index (χ2v) is 7.70. The molecule has 3 fully saturated rings. The van der Waals surface area contributed by atoms with Crippen molar-refractivity contribution in [1.82, 2.24) is 5.32 Å². The minimum absolute atomic E-state index is 0.834. The molecule has 0 saturated heterocycles. The standard InChI is InChI=1S/C15H27NS/c1-17-15-4-2-3-14(9-15)16-10-13-8-11-5-6-12(13)7-11/h11-16H,2-10H2,1H3. The molecule has 1 nitrogen and oxygen atoms in total. The highest BCUT2D eigenvalue weighted by Crippen LogP contribution is 2.48. The smallest absolute Gasteiger partial charge is 0.00777 e. The maximum absolute atomic E-state index is 3.90. The molecule has 0 aliphatic heterocycles. The molecule has 0 heterocycles. The maximum Gasteiger partial charge on any atom is 0.00777 e. The van der Waals surface area contributed by atoms with Crippen molar-refractivity contribution in [2.75, 3.05) is 12.8 Å². The van der Waals surface area contributed by atoms with Gasteiger partial charge in [0.25, 0.3) is 0 Å². The zero-order valence-electron chi connectivity index (χ0n) is 11.2. The zero-order chi connectivity index (χ0) is 11.7. The average molecular weight is 253 g/mol. The van der Waals surface area contributed by atoms with Crippen molar-refractivity contribution in [3.8, 4) is 0 Å². The molecule has 2 bridgehead atoms. The molecule has 0 radical (unpaired) electrons. The summed E-state index contributed by atoms with van der Waals surface area (Å²) in [6.45, 7) is 1.33. The van der Waals surface area contributed by atoms with Gasteiger partial charge in [0.15, 0.2) is 0 Å². The zero-order valence-corrected chi connectivity index (χ0v) is 12.0. The molecule has 5 unspecified atom stereocenters. The first-order chi connectivity index (χ1) is 8.35. The van der Waals surface area contributed by atoms with Crippen LogP contribution in [0.4, 0.5) is 0 Å². The molecule has 0 aromatic heterocycles. The van der Waals surface area contributed by atoms with Crippen molar-refractivity contribution in [3.63, 3.8) is 0 Å². The van der Waals surface area contributed by atoms with Gasteiger partial charge in [0.2, 0.25) is 0 Å². The number of hydrogen-bond acceptors (Lipinski definition) is 2. The van der Waals surface area contributed by atoms with Crippen LogP contribution in [-0.4, -0.2) is 24.1 Å². The van der Waals surface area contributed by atoms with Crippen molar-refractivity contribution >= 4 is 11.8 Å². The van der Waals surface area contributed by atoms with E-state index in [1.54, 1.807) is 12.8 Å². The largest absolute Gasteiger partial charge is 0.314 e. The minimum Gasteiger partial charge on any atom is -0.314 e. The molecule has 3 rings (SSSR count). The highest BCUT2D eigenvalue weighted by molar-refractivity contribution is 7.99. The van der Waals surface area contributed by atoms with Crippen LogP contribution in [0.5, 0.6) is 0 Å². The van der Waals surface area contributed by atoms with Gasteiger partial charge in [-0.15, -0.1) is 0 Å². The summed E-state index contributed by atoms with van der Waals surface area (Å²) in [6, 6.07) is 0.834. The van der Waals surface area contributed by atoms with Crippen LogP contribution in [0.3, 0.4) is 0 Å². The monoisotopic (exact) mass is 253 g/mol. The summed E-state index contributed by atoms with van der Waals surface area (Å²) in [5, 5.41) is 4.83. The molecule has 98 valence electrons. The molecular weight excluding hydrogens is 226 g/mol. The van der Waals surface area contributed by atoms with Gasteiger partial charge >= 0.3 is 0 Å². The molecule has 0 aromatic rings. The van der Waals surface area contributed by atoms with E-state index in [1.807, 2.05) is 0 Å². The summed E-state index contributed by atoms with van der Waals surface area (Å²) in [5.41, 5.74) is 0. The lowest BCUT2D eigenvalue weighted by Gasteiger charge is -2.31. The third-order valence-electron chi connectivity index (χ3n) is 5.51. The third kappa shape index (κ3) is 2.84. The second-order valence-electron chi connectivity index (χ2n) is 6.56. The Labute approximate surface area is 111 Å². The van der Waals surface area contributed by atoms with Gasteiger partial charge in [-0.05, 0) is 69.1 Å². The van der Waals surface area contributed by atoms with Gasteiger partial charge < -0.3 is 5.32 Å². The molecular formula is C15H27NS. The van der Waals surface area contributed by atoms with E-state index in [-0.39, 0.29) is 0 Å². The van der Waals surface area contributed by atoms with E-state index < -0.39 is 0 Å². The Morgan fingerprint density at radius 3 is 2.71 bits per heavy atom. The molecule has 2 heteroatoms. The van der Waals surface area contributed by atoms with E-state index in [1.165, 1.54) is 45.1 Å². The highest BCUT2D eigenvalue weighted by atomic mass is 32.2. The molecule has 0 aromatic carbocycles. The first kappa shape index (κ1) is 12.3. The van der Waals surface area contributed by atoms with Crippen LogP contribution in [0.15, 0.2) is 0 Å². The van der Waals surface area contributed by atoms with Crippen molar-refractivity contribution < 1.29 is 0 Å². The van der Waals surface area contributed by atoms with Gasteiger partial charge in [-0.3, -0.25) is 0 Å². The van der Waals surface area contributed by atoms with E-state index in [2.05, 4.69) is 23.3 Å². The van der Waals surface area contributed by atoms with Crippen LogP contribution in [0.2, 0.25) is 0 Å². The van der Waals surface area contributed by atoms with Crippen LogP contribution in [-0.2, 0) is 0 Å². The summed E-state index contributed by atoms with van der Waals surface area (Å²) in [5.74, 6) is 3.23. The van der Waals surface area contributed by atoms with Crippen LogP contribution >= 0.6 is 11.8 Å². The number of fused-ring (bicyclic) bond motifs is 2. The van der Waals surface area contributed by atoms with Crippen LogP contribution in [0.25, 0.3) is 0 Å². The van der Waals surface area contributed by atoms with Gasteiger partial charge in [-0.1, -0.05) is 12.8 Å². The Bertz CT molecular complexity index is 255. The molecule has 17 heavy (non-hydrogen) atoms. The number of hydrogen-bond donors (Lipinski definition) is 1. The van der Waals surface area contributed by atoms with Gasteiger partial charge in [-0.25, -0.2) is 0 Å². The Balaban J connectivity index is 1.42. The van der Waals surface area contributed by atoms with Crippen molar-refractivity contribution in [2.45, 2.75) is 62.7 Å². The SMILES string of the molecule is CSC1CCCC(NCC2CC3CCC2C3)C1. The fraction of sp³-hybridized carbons (Fsp3) is 1.00. The summed E-state index contributed by atoms with van der Waals surface area (Å²) in [7, 11) is 0. The van der Waals surface area contributed by atoms with Gasteiger partial charge in [-0.2, -0.15) is 11.8 Å². The highest BCUT2D eigenvalue weighted by Gasteiger charge is 2.39. The molecule has 0 amide bonds. The first-order valence-electron chi connectivity index (χ1n) is 7.61. The van der Waals surface area contributed by atoms with Crippen molar-refractivity contribution in [1.29, 1.82) is 0 Å². The molecule has 3 aliphatic rings. The summed E-state index contributed by atoms with van der Waals surface area (Å²) >= 11 is 2.08. The van der Waals surface area contributed by atoms with Crippen molar-refractivity contribution in [3.05, 3.63) is 0 Å². The van der Waals surface area contributed by atoms with Crippen LogP contribution in [0, 0.1) is 17.8 Å². The van der Waals surface area contributed by atoms with Gasteiger partial charge in [0.1, 0.15) is 0 Å². The topological polar surface area (TPSA) is 12.0 Å². The summed E-state index contributed by atoms with van der Waals surface area (Å²) in [6.07, 6.45) is 14.2. The molecule has 5 atom stereocenters. The lowest BCUT2D eigenvalue weighted by Crippen LogP contribution is -2.38. The average Bonchev–Trinajstić information content (AvgIpc) is 2.99. The van der Waals surface area contributed by atoms with Crippen LogP contribution < -0.4 is 5.32 Å². The molecule has 3 aliphatic carbocycles. The normalized spacial score (nSPS) is 45.4. The van der Waals surface area contributed by atoms with E-state index >= 15 is 0 Å². The number of rotatable bonds is 4. The Morgan fingerprint density at radius 2 is 2.00 bits per heavy atom. The summed E-state index contributed by atoms with van der Waals surface area (Å²) < 4.78 is 0. The number of nitrogens with one attached hydrogen (secondary N) is 1. The molecule has 3 saturated carbocycles. The second kappa shape index (κ2) is 5.52. The first-order valence-corrected chi connectivity index (χ1v) is 8.90. The fourth-order valence-electron chi connectivity index (χ4n) is 4.49. The maximum atomic E-state index is 3.90. The number of thioether (sulfide) groups is 1. The van der Waals surface area contributed by atoms with E-state index in [9.17, 15) is 0 Å². The summed E-state index contributed by atoms with van der Waals surface area (Å²) in [4.78, 5) is 0. The Morgan fingerprint density at radius 1 is 1.06 bits per heavy atom. The lowest BCUT2D eigenvalue weighted by atomic mass is 9.88. The predicted molar refractivity (Wildman–Crippen MR) is 76.5 cm³/mol. The minimum atomic E-state index is 0.834. The van der Waals surface area contributed by atoms with E-state index in [0.29, 0.717) is 0 Å². The van der Waals surface area contributed by atoms with Gasteiger partial charge in [0, 0.05) is 11.3 Å². The van der Waals surface area contributed by atoms with Gasteiger partial charge in [0.05, 0.1) is 0 Å². The molecule has 0 spiro atoms. The third-order valence-corrected chi connectivity index (χ3v) is 6.61. The Kier molecular flexibility index (Phi) is 4.01.